The highest BCUT2D eigenvalue weighted by Crippen LogP contribution is 2.32. The molecule has 0 amide bonds. The lowest BCUT2D eigenvalue weighted by Crippen LogP contribution is -2.19. The molecule has 5 aromatic carbocycles. The molecule has 0 aliphatic carbocycles. The van der Waals surface area contributed by atoms with Crippen LogP contribution >= 0.6 is 0 Å². The van der Waals surface area contributed by atoms with Crippen molar-refractivity contribution in [2.45, 2.75) is 45.3 Å². The van der Waals surface area contributed by atoms with E-state index in [0.29, 0.717) is 0 Å². The van der Waals surface area contributed by atoms with Crippen LogP contribution in [-0.4, -0.2) is 96.7 Å². The van der Waals surface area contributed by atoms with E-state index < -0.39 is 129 Å². The van der Waals surface area contributed by atoms with E-state index in [-0.39, 0.29) is 41.1 Å². The number of carbonyl (C=O) groups is 5. The first-order chi connectivity index (χ1) is 28.1. The van der Waals surface area contributed by atoms with Crippen LogP contribution in [-0.2, 0) is 63.3 Å². The van der Waals surface area contributed by atoms with E-state index in [4.69, 9.17) is 19.7 Å². The molecule has 60 heavy (non-hydrogen) atoms. The number of carboxylic acids is 2. The van der Waals surface area contributed by atoms with Crippen LogP contribution in [0.15, 0.2) is 117 Å². The molecule has 0 bridgehead atoms. The number of hydrogen-bond acceptors (Lipinski definition) is 15. The van der Waals surface area contributed by atoms with Crippen LogP contribution < -0.4 is 4.74 Å². The van der Waals surface area contributed by atoms with Crippen LogP contribution in [0.1, 0.15) is 36.0 Å². The van der Waals surface area contributed by atoms with Crippen molar-refractivity contribution in [2.75, 3.05) is 23.0 Å². The summed E-state index contributed by atoms with van der Waals surface area (Å²) in [4.78, 5) is 59.4. The SMILES string of the molecule is O=C(O)CCS(=O)(=O)c1cccc2c(S(=O)(=O)CCC(=O)OC(=O)c3ccccc3OC(=O)CCS(=O)(=O)c3cccc4c(S(=O)(=O)CCC(=O)O)cccc34)cccc12. The summed E-state index contributed by atoms with van der Waals surface area (Å²) in [6, 6.07) is 20.4. The highest BCUT2D eigenvalue weighted by atomic mass is 32.2. The minimum atomic E-state index is -4.33. The molecule has 316 valence electrons. The minimum absolute atomic E-state index is 0.00596. The van der Waals surface area contributed by atoms with Gasteiger partial charge in [0, 0.05) is 21.5 Å². The third-order valence-corrected chi connectivity index (χ3v) is 16.0. The topological polar surface area (TPSA) is 281 Å². The van der Waals surface area contributed by atoms with Gasteiger partial charge in [-0.1, -0.05) is 60.7 Å². The van der Waals surface area contributed by atoms with E-state index >= 15 is 0 Å². The van der Waals surface area contributed by atoms with Gasteiger partial charge in [-0.2, -0.15) is 0 Å². The first kappa shape index (κ1) is 45.1. The summed E-state index contributed by atoms with van der Waals surface area (Å²) < 4.78 is 115. The van der Waals surface area contributed by atoms with Crippen LogP contribution in [0.3, 0.4) is 0 Å². The monoisotopic (exact) mass is 902 g/mol. The van der Waals surface area contributed by atoms with Crippen molar-refractivity contribution >= 4 is 90.7 Å². The van der Waals surface area contributed by atoms with Gasteiger partial charge in [0.1, 0.15) is 11.3 Å². The number of benzene rings is 5. The van der Waals surface area contributed by atoms with E-state index in [1.54, 1.807) is 0 Å². The molecule has 0 aliphatic rings. The Kier molecular flexibility index (Phi) is 13.6. The molecule has 17 nitrogen and oxygen atoms in total. The maximum absolute atomic E-state index is 13.4. The highest BCUT2D eigenvalue weighted by molar-refractivity contribution is 7.92. The van der Waals surface area contributed by atoms with E-state index in [0.717, 1.165) is 12.1 Å². The smallest absolute Gasteiger partial charge is 0.349 e. The van der Waals surface area contributed by atoms with Crippen molar-refractivity contribution in [2.24, 2.45) is 0 Å². The zero-order valence-electron chi connectivity index (χ0n) is 31.0. The Bertz CT molecular complexity index is 3010. The first-order valence-corrected chi connectivity index (χ1v) is 24.2. The van der Waals surface area contributed by atoms with Gasteiger partial charge >= 0.3 is 29.8 Å². The molecule has 5 aromatic rings. The second kappa shape index (κ2) is 18.1. The van der Waals surface area contributed by atoms with Gasteiger partial charge in [-0.05, 0) is 36.4 Å². The second-order valence-electron chi connectivity index (χ2n) is 13.0. The Balaban J connectivity index is 1.24. The zero-order chi connectivity index (χ0) is 44.0. The summed E-state index contributed by atoms with van der Waals surface area (Å²) in [6.45, 7) is 0. The van der Waals surface area contributed by atoms with Crippen molar-refractivity contribution in [1.82, 2.24) is 0 Å². The largest absolute Gasteiger partial charge is 0.481 e. The van der Waals surface area contributed by atoms with Crippen molar-refractivity contribution in [1.29, 1.82) is 0 Å². The van der Waals surface area contributed by atoms with Crippen LogP contribution in [0.4, 0.5) is 0 Å². The number of sulfone groups is 4. The number of para-hydroxylation sites is 1. The zero-order valence-corrected chi connectivity index (χ0v) is 34.3. The molecule has 0 saturated carbocycles. The molecule has 2 N–H and O–H groups in total. The average molecular weight is 903 g/mol. The predicted octanol–water partition coefficient (Wildman–Crippen LogP) is 3.81. The molecule has 0 heterocycles. The van der Waals surface area contributed by atoms with Gasteiger partial charge in [0.25, 0.3) is 0 Å². The molecule has 0 fully saturated rings. The number of ether oxygens (including phenoxy) is 2. The van der Waals surface area contributed by atoms with Gasteiger partial charge in [-0.25, -0.2) is 38.5 Å². The number of esters is 3. The third-order valence-electron chi connectivity index (χ3n) is 8.88. The maximum atomic E-state index is 13.4. The van der Waals surface area contributed by atoms with Crippen molar-refractivity contribution in [3.63, 3.8) is 0 Å². The van der Waals surface area contributed by atoms with E-state index in [2.05, 4.69) is 0 Å². The number of carboxylic acid groups (broad SMARTS) is 2. The van der Waals surface area contributed by atoms with Crippen LogP contribution in [0.2, 0.25) is 0 Å². The Morgan fingerprint density at radius 3 is 1.12 bits per heavy atom. The summed E-state index contributed by atoms with van der Waals surface area (Å²) >= 11 is 0. The normalized spacial score (nSPS) is 12.2. The van der Waals surface area contributed by atoms with E-state index in [9.17, 15) is 57.6 Å². The standard InChI is InChI=1S/C39H34O17S4/c40-35(41)17-21-57(47,48)31-13-3-10-27-25(31)8-5-15-33(27)59(51,52)23-19-37(44)55-30-12-2-1-7-29(30)39(46)56-38(45)20-24-60(53,54)34-16-6-9-26-28(34)11-4-14-32(26)58(49,50)22-18-36(42)43/h1-16H,17-24H2,(H,40,41)(H,42,43). The van der Waals surface area contributed by atoms with Gasteiger partial charge in [-0.3, -0.25) is 19.2 Å². The van der Waals surface area contributed by atoms with Gasteiger partial charge < -0.3 is 19.7 Å². The molecule has 0 aliphatic heterocycles. The highest BCUT2D eigenvalue weighted by Gasteiger charge is 2.27. The molecule has 0 saturated heterocycles. The van der Waals surface area contributed by atoms with Crippen LogP contribution in [0, 0.1) is 0 Å². The van der Waals surface area contributed by atoms with E-state index in [1.807, 2.05) is 0 Å². The van der Waals surface area contributed by atoms with Crippen molar-refractivity contribution in [3.8, 4) is 5.75 Å². The van der Waals surface area contributed by atoms with Crippen LogP contribution in [0.25, 0.3) is 21.5 Å². The second-order valence-corrected chi connectivity index (χ2v) is 21.3. The number of fused-ring (bicyclic) bond motifs is 2. The summed E-state index contributed by atoms with van der Waals surface area (Å²) in [6.07, 6.45) is -2.94. The minimum Gasteiger partial charge on any atom is -0.481 e. The fourth-order valence-corrected chi connectivity index (χ4v) is 11.8. The lowest BCUT2D eigenvalue weighted by atomic mass is 10.1. The van der Waals surface area contributed by atoms with Gasteiger partial charge in [0.05, 0.1) is 68.3 Å². The number of rotatable bonds is 18. The number of carbonyl (C=O) groups excluding carboxylic acids is 3. The molecule has 0 radical (unpaired) electrons. The fraction of sp³-hybridized carbons (Fsp3) is 0.205. The summed E-state index contributed by atoms with van der Waals surface area (Å²) in [5.74, 6) is -9.99. The van der Waals surface area contributed by atoms with E-state index in [1.165, 1.54) is 84.9 Å². The fourth-order valence-electron chi connectivity index (χ4n) is 6.02. The van der Waals surface area contributed by atoms with Gasteiger partial charge in [0.2, 0.25) is 0 Å². The third kappa shape index (κ3) is 10.6. The van der Waals surface area contributed by atoms with Crippen LogP contribution in [0.5, 0.6) is 5.75 Å². The number of hydrogen-bond donors (Lipinski definition) is 2. The Morgan fingerprint density at radius 1 is 0.417 bits per heavy atom. The number of aliphatic carboxylic acids is 2. The molecular formula is C39H34O17S4. The molecule has 0 aromatic heterocycles. The maximum Gasteiger partial charge on any atom is 0.349 e. The predicted molar refractivity (Wildman–Crippen MR) is 212 cm³/mol. The van der Waals surface area contributed by atoms with Crippen molar-refractivity contribution in [3.05, 3.63) is 103 Å². The van der Waals surface area contributed by atoms with Crippen molar-refractivity contribution < 1.29 is 77.3 Å². The first-order valence-electron chi connectivity index (χ1n) is 17.6. The summed E-state index contributed by atoms with van der Waals surface area (Å²) in [5.41, 5.74) is -0.443. The summed E-state index contributed by atoms with van der Waals surface area (Å²) in [7, 11) is -16.9. The Labute approximate surface area is 343 Å². The molecule has 21 heteroatoms. The Morgan fingerprint density at radius 2 is 0.750 bits per heavy atom. The Hall–Kier alpha value is -6.03. The quantitative estimate of drug-likeness (QED) is 0.0718. The average Bonchev–Trinajstić information content (AvgIpc) is 3.20. The molecule has 0 atom stereocenters. The molecule has 0 spiro atoms. The molecule has 0 unspecified atom stereocenters. The molecule has 5 rings (SSSR count). The summed E-state index contributed by atoms with van der Waals surface area (Å²) in [5, 5.41) is 17.9. The molecular weight excluding hydrogens is 869 g/mol. The lowest BCUT2D eigenvalue weighted by molar-refractivity contribution is -0.138. The lowest BCUT2D eigenvalue weighted by Gasteiger charge is -2.12. The van der Waals surface area contributed by atoms with Gasteiger partial charge in [0.15, 0.2) is 39.3 Å². The van der Waals surface area contributed by atoms with Gasteiger partial charge in [-0.15, -0.1) is 0 Å².